The zero-order valence-corrected chi connectivity index (χ0v) is 44.2. The molecule has 0 fully saturated rings. The van der Waals surface area contributed by atoms with Crippen LogP contribution in [0, 0.1) is 0 Å². The van der Waals surface area contributed by atoms with E-state index in [9.17, 15) is 0 Å². The molecule has 14 aromatic carbocycles. The Morgan fingerprint density at radius 3 is 1.14 bits per heavy atom. The fourth-order valence-electron chi connectivity index (χ4n) is 12.7. The molecule has 0 unspecified atom stereocenters. The number of furan rings is 1. The number of fused-ring (bicyclic) bond motifs is 12. The van der Waals surface area contributed by atoms with Crippen molar-refractivity contribution in [2.24, 2.45) is 0 Å². The molecule has 2 heterocycles. The van der Waals surface area contributed by atoms with E-state index in [1.807, 2.05) is 12.1 Å². The third kappa shape index (κ3) is 7.89. The van der Waals surface area contributed by atoms with Gasteiger partial charge in [-0.3, -0.25) is 0 Å². The number of rotatable bonds is 9. The van der Waals surface area contributed by atoms with Gasteiger partial charge in [-0.05, 0) is 173 Å². The summed E-state index contributed by atoms with van der Waals surface area (Å²) in [6, 6.07) is 111. The highest BCUT2D eigenvalue weighted by molar-refractivity contribution is 6.26. The molecule has 16 rings (SSSR count). The minimum Gasteiger partial charge on any atom is -0.456 e. The van der Waals surface area contributed by atoms with Crippen LogP contribution in [0.15, 0.2) is 308 Å². The molecule has 0 aliphatic rings. The van der Waals surface area contributed by atoms with Crippen molar-refractivity contribution in [3.63, 3.8) is 0 Å². The molecule has 16 aromatic rings. The van der Waals surface area contributed by atoms with E-state index in [0.717, 1.165) is 72.5 Å². The van der Waals surface area contributed by atoms with Gasteiger partial charge in [-0.1, -0.05) is 218 Å². The second-order valence-electron chi connectivity index (χ2n) is 21.2. The summed E-state index contributed by atoms with van der Waals surface area (Å²) in [6.07, 6.45) is 0. The van der Waals surface area contributed by atoms with E-state index >= 15 is 0 Å². The molecule has 0 saturated heterocycles. The van der Waals surface area contributed by atoms with E-state index in [4.69, 9.17) is 4.42 Å². The predicted octanol–water partition coefficient (Wildman–Crippen LogP) is 21.9. The van der Waals surface area contributed by atoms with Gasteiger partial charge < -0.3 is 13.9 Å². The molecule has 0 bridgehead atoms. The van der Waals surface area contributed by atoms with Gasteiger partial charge in [0.05, 0.1) is 11.0 Å². The average molecular weight is 1030 g/mol. The topological polar surface area (TPSA) is 21.3 Å². The Hall–Kier alpha value is -10.7. The predicted molar refractivity (Wildman–Crippen MR) is 342 cm³/mol. The van der Waals surface area contributed by atoms with Crippen molar-refractivity contribution in [2.75, 3.05) is 4.90 Å². The lowest BCUT2D eigenvalue weighted by Gasteiger charge is -2.26. The quantitative estimate of drug-likeness (QED) is 0.134. The van der Waals surface area contributed by atoms with E-state index in [-0.39, 0.29) is 0 Å². The smallest absolute Gasteiger partial charge is 0.136 e. The molecule has 3 heteroatoms. The van der Waals surface area contributed by atoms with Crippen LogP contribution in [0.4, 0.5) is 17.1 Å². The number of anilines is 3. The molecule has 378 valence electrons. The van der Waals surface area contributed by atoms with Crippen molar-refractivity contribution < 1.29 is 4.42 Å². The van der Waals surface area contributed by atoms with Gasteiger partial charge in [0.1, 0.15) is 11.2 Å². The molecular formula is C78H50N2O. The first-order chi connectivity index (χ1) is 40.1. The van der Waals surface area contributed by atoms with Gasteiger partial charge in [-0.2, -0.15) is 0 Å². The second-order valence-corrected chi connectivity index (χ2v) is 21.2. The Kier molecular flexibility index (Phi) is 10.9. The first kappa shape index (κ1) is 46.4. The van der Waals surface area contributed by atoms with Crippen LogP contribution in [0.2, 0.25) is 0 Å². The highest BCUT2D eigenvalue weighted by atomic mass is 16.3. The van der Waals surface area contributed by atoms with Crippen LogP contribution in [-0.2, 0) is 0 Å². The zero-order valence-electron chi connectivity index (χ0n) is 44.2. The number of hydrogen-bond acceptors (Lipinski definition) is 2. The summed E-state index contributed by atoms with van der Waals surface area (Å²) >= 11 is 0. The third-order valence-corrected chi connectivity index (χ3v) is 16.6. The zero-order chi connectivity index (χ0) is 53.4. The third-order valence-electron chi connectivity index (χ3n) is 16.6. The van der Waals surface area contributed by atoms with Crippen molar-refractivity contribution >= 4 is 93.1 Å². The highest BCUT2D eigenvalue weighted by Crippen LogP contribution is 2.44. The number of hydrogen-bond donors (Lipinski definition) is 0. The van der Waals surface area contributed by atoms with Crippen molar-refractivity contribution in [1.82, 2.24) is 4.57 Å². The van der Waals surface area contributed by atoms with Gasteiger partial charge in [0, 0.05) is 44.3 Å². The minimum atomic E-state index is 0.894. The molecule has 0 N–H and O–H groups in total. The van der Waals surface area contributed by atoms with Gasteiger partial charge in [-0.25, -0.2) is 0 Å². The van der Waals surface area contributed by atoms with Crippen LogP contribution >= 0.6 is 0 Å². The maximum absolute atomic E-state index is 6.30. The molecule has 3 nitrogen and oxygen atoms in total. The monoisotopic (exact) mass is 1030 g/mol. The number of aromatic nitrogens is 1. The molecule has 0 aliphatic carbocycles. The molecule has 0 spiro atoms. The normalized spacial score (nSPS) is 11.7. The summed E-state index contributed by atoms with van der Waals surface area (Å²) < 4.78 is 8.76. The van der Waals surface area contributed by atoms with Crippen LogP contribution in [0.5, 0.6) is 0 Å². The highest BCUT2D eigenvalue weighted by Gasteiger charge is 2.20. The van der Waals surface area contributed by atoms with Crippen LogP contribution in [0.25, 0.3) is 137 Å². The summed E-state index contributed by atoms with van der Waals surface area (Å²) in [6.45, 7) is 0. The van der Waals surface area contributed by atoms with Crippen LogP contribution in [0.3, 0.4) is 0 Å². The Morgan fingerprint density at radius 1 is 0.235 bits per heavy atom. The average Bonchev–Trinajstić information content (AvgIpc) is 4.35. The minimum absolute atomic E-state index is 0.894. The molecule has 0 radical (unpaired) electrons. The summed E-state index contributed by atoms with van der Waals surface area (Å²) in [5.74, 6) is 0. The van der Waals surface area contributed by atoms with Gasteiger partial charge in [0.2, 0.25) is 0 Å². The van der Waals surface area contributed by atoms with E-state index < -0.39 is 0 Å². The SMILES string of the molecule is c1ccc(-c2ccc(-c3ccc4c(c3)c3cc(-c5ccc(N(c6ccc(-c7ccccc7)cc6)c6ccc(-c7cccc8oc9ccccc9c78)cc6)cc5)ccc3n4-c3ccc4c5ccccc5c5ccccc5c4c3)cc2)cc1. The van der Waals surface area contributed by atoms with E-state index in [0.29, 0.717) is 0 Å². The lowest BCUT2D eigenvalue weighted by atomic mass is 9.94. The molecular weight excluding hydrogens is 981 g/mol. The molecule has 0 atom stereocenters. The van der Waals surface area contributed by atoms with Gasteiger partial charge in [-0.15, -0.1) is 0 Å². The Morgan fingerprint density at radius 2 is 0.617 bits per heavy atom. The number of benzene rings is 14. The maximum Gasteiger partial charge on any atom is 0.136 e. The number of para-hydroxylation sites is 1. The Balaban J connectivity index is 0.814. The van der Waals surface area contributed by atoms with Crippen molar-refractivity contribution in [1.29, 1.82) is 0 Å². The summed E-state index contributed by atoms with van der Waals surface area (Å²) in [5, 5.41) is 12.3. The Labute approximate surface area is 469 Å². The lowest BCUT2D eigenvalue weighted by molar-refractivity contribution is 0.669. The van der Waals surface area contributed by atoms with E-state index in [1.54, 1.807) is 0 Å². The van der Waals surface area contributed by atoms with Crippen LogP contribution in [-0.4, -0.2) is 4.57 Å². The van der Waals surface area contributed by atoms with Crippen molar-refractivity contribution in [2.45, 2.75) is 0 Å². The van der Waals surface area contributed by atoms with E-state index in [2.05, 4.69) is 301 Å². The van der Waals surface area contributed by atoms with Gasteiger partial charge in [0.15, 0.2) is 0 Å². The van der Waals surface area contributed by atoms with Crippen molar-refractivity contribution in [3.05, 3.63) is 303 Å². The Bertz CT molecular complexity index is 5020. The second kappa shape index (κ2) is 19.0. The standard InChI is InChI=1S/C78H50N2O/c1-3-14-51(15-4-1)53-26-28-55(29-27-53)58-36-46-74-72(48-58)73-49-59(37-47-75(73)80(74)63-44-45-69-67-20-8-7-18-65(67)66-19-9-10-21-68(66)71(69)50-63)56-32-40-61(41-33-56)79(60-38-30-54(31-39-60)52-16-5-2-6-17-52)62-42-34-57(35-43-62)64-23-13-25-77-78(64)70-22-11-12-24-76(70)81-77/h1-50H. The fraction of sp³-hybridized carbons (Fsp3) is 0. The van der Waals surface area contributed by atoms with E-state index in [1.165, 1.54) is 82.0 Å². The van der Waals surface area contributed by atoms with Gasteiger partial charge >= 0.3 is 0 Å². The summed E-state index contributed by atoms with van der Waals surface area (Å²) in [5.41, 5.74) is 20.2. The molecule has 0 amide bonds. The number of nitrogens with zero attached hydrogens (tertiary/aromatic N) is 2. The maximum atomic E-state index is 6.30. The molecule has 0 aliphatic heterocycles. The van der Waals surface area contributed by atoms with Crippen molar-refractivity contribution in [3.8, 4) is 61.3 Å². The van der Waals surface area contributed by atoms with Crippen LogP contribution in [0.1, 0.15) is 0 Å². The first-order valence-corrected chi connectivity index (χ1v) is 27.8. The summed E-state index contributed by atoms with van der Waals surface area (Å²) in [4.78, 5) is 2.36. The summed E-state index contributed by atoms with van der Waals surface area (Å²) in [7, 11) is 0. The van der Waals surface area contributed by atoms with Gasteiger partial charge in [0.25, 0.3) is 0 Å². The molecule has 81 heavy (non-hydrogen) atoms. The molecule has 2 aromatic heterocycles. The first-order valence-electron chi connectivity index (χ1n) is 27.8. The fourth-order valence-corrected chi connectivity index (χ4v) is 12.7. The lowest BCUT2D eigenvalue weighted by Crippen LogP contribution is -2.09. The largest absolute Gasteiger partial charge is 0.456 e. The molecule has 0 saturated carbocycles. The van der Waals surface area contributed by atoms with Crippen LogP contribution < -0.4 is 4.90 Å².